The molecule has 2 rings (SSSR count). The van der Waals surface area contributed by atoms with Crippen molar-refractivity contribution >= 4 is 17.2 Å². The van der Waals surface area contributed by atoms with Gasteiger partial charge in [0, 0.05) is 18.0 Å². The van der Waals surface area contributed by atoms with E-state index in [0.717, 1.165) is 16.4 Å². The molecule has 0 aliphatic carbocycles. The highest BCUT2D eigenvalue weighted by molar-refractivity contribution is 7.13. The highest BCUT2D eigenvalue weighted by atomic mass is 32.1. The van der Waals surface area contributed by atoms with E-state index in [4.69, 9.17) is 4.74 Å². The smallest absolute Gasteiger partial charge is 0.165 e. The summed E-state index contributed by atoms with van der Waals surface area (Å²) < 4.78 is 18.3. The van der Waals surface area contributed by atoms with Crippen LogP contribution in [0.25, 0.3) is 10.6 Å². The zero-order valence-corrected chi connectivity index (χ0v) is 9.77. The summed E-state index contributed by atoms with van der Waals surface area (Å²) in [4.78, 5) is 4.30. The Morgan fingerprint density at radius 1 is 1.44 bits per heavy atom. The van der Waals surface area contributed by atoms with Crippen molar-refractivity contribution in [2.75, 3.05) is 19.5 Å². The van der Waals surface area contributed by atoms with Crippen LogP contribution in [0.1, 0.15) is 0 Å². The van der Waals surface area contributed by atoms with E-state index in [1.165, 1.54) is 24.5 Å². The molecular weight excluding hydrogens is 227 g/mol. The summed E-state index contributed by atoms with van der Waals surface area (Å²) in [6, 6.07) is 4.82. The van der Waals surface area contributed by atoms with Gasteiger partial charge in [-0.25, -0.2) is 9.37 Å². The molecule has 1 N–H and O–H groups in total. The van der Waals surface area contributed by atoms with Crippen LogP contribution < -0.4 is 10.1 Å². The van der Waals surface area contributed by atoms with Gasteiger partial charge in [0.2, 0.25) is 0 Å². The molecule has 0 saturated carbocycles. The minimum absolute atomic E-state index is 0.245. The van der Waals surface area contributed by atoms with E-state index in [1.54, 1.807) is 19.2 Å². The van der Waals surface area contributed by atoms with Crippen LogP contribution in [0.3, 0.4) is 0 Å². The Kier molecular flexibility index (Phi) is 3.05. The number of ether oxygens (including phenoxy) is 1. The third-order valence-electron chi connectivity index (χ3n) is 2.16. The van der Waals surface area contributed by atoms with Gasteiger partial charge in [-0.15, -0.1) is 11.3 Å². The zero-order valence-electron chi connectivity index (χ0n) is 8.95. The number of halogens is 1. The molecule has 0 aliphatic rings. The Hall–Kier alpha value is -1.62. The maximum Gasteiger partial charge on any atom is 0.165 e. The Morgan fingerprint density at radius 3 is 2.81 bits per heavy atom. The topological polar surface area (TPSA) is 34.1 Å². The molecule has 84 valence electrons. The van der Waals surface area contributed by atoms with Crippen LogP contribution in [0.2, 0.25) is 0 Å². The zero-order chi connectivity index (χ0) is 11.5. The summed E-state index contributed by atoms with van der Waals surface area (Å²) in [6.07, 6.45) is 0. The van der Waals surface area contributed by atoms with Gasteiger partial charge in [-0.05, 0) is 18.2 Å². The standard InChI is InChI=1S/C11H11FN2OS/c1-13-10-6-16-11(14-10)7-3-4-9(15-2)8(12)5-7/h3-6,13H,1-2H3. The molecule has 0 fully saturated rings. The van der Waals surface area contributed by atoms with Crippen LogP contribution in [-0.2, 0) is 0 Å². The minimum atomic E-state index is -0.374. The first kappa shape index (κ1) is 10.9. The summed E-state index contributed by atoms with van der Waals surface area (Å²) in [6.45, 7) is 0. The summed E-state index contributed by atoms with van der Waals surface area (Å²) in [5, 5.41) is 5.60. The molecule has 1 heterocycles. The lowest BCUT2D eigenvalue weighted by Crippen LogP contribution is -1.89. The molecule has 1 aromatic heterocycles. The van der Waals surface area contributed by atoms with Crippen molar-refractivity contribution in [3.63, 3.8) is 0 Å². The lowest BCUT2D eigenvalue weighted by Gasteiger charge is -2.02. The van der Waals surface area contributed by atoms with Crippen molar-refractivity contribution in [3.8, 4) is 16.3 Å². The second-order valence-electron chi connectivity index (χ2n) is 3.14. The van der Waals surface area contributed by atoms with Crippen LogP contribution in [0, 0.1) is 5.82 Å². The molecule has 0 saturated heterocycles. The number of nitrogens with zero attached hydrogens (tertiary/aromatic N) is 1. The molecule has 0 aliphatic heterocycles. The third kappa shape index (κ3) is 1.99. The van der Waals surface area contributed by atoms with E-state index in [1.807, 2.05) is 5.38 Å². The highest BCUT2D eigenvalue weighted by Crippen LogP contribution is 2.29. The van der Waals surface area contributed by atoms with Crippen molar-refractivity contribution in [2.24, 2.45) is 0 Å². The van der Waals surface area contributed by atoms with E-state index < -0.39 is 0 Å². The largest absolute Gasteiger partial charge is 0.494 e. The maximum atomic E-state index is 13.5. The first-order valence-electron chi connectivity index (χ1n) is 4.72. The van der Waals surface area contributed by atoms with E-state index in [2.05, 4.69) is 10.3 Å². The van der Waals surface area contributed by atoms with Crippen LogP contribution in [0.15, 0.2) is 23.6 Å². The molecule has 2 aromatic rings. The van der Waals surface area contributed by atoms with Crippen molar-refractivity contribution < 1.29 is 9.13 Å². The second kappa shape index (κ2) is 4.49. The van der Waals surface area contributed by atoms with E-state index in [9.17, 15) is 4.39 Å². The second-order valence-corrected chi connectivity index (χ2v) is 4.00. The Balaban J connectivity index is 2.37. The molecule has 0 unspecified atom stereocenters. The average Bonchev–Trinajstić information content (AvgIpc) is 2.77. The summed E-state index contributed by atoms with van der Waals surface area (Å²) in [5.74, 6) is 0.659. The van der Waals surface area contributed by atoms with E-state index in [-0.39, 0.29) is 11.6 Å². The normalized spacial score (nSPS) is 10.2. The summed E-state index contributed by atoms with van der Waals surface area (Å²) >= 11 is 1.47. The minimum Gasteiger partial charge on any atom is -0.494 e. The Bertz CT molecular complexity index is 498. The fraction of sp³-hybridized carbons (Fsp3) is 0.182. The molecule has 0 radical (unpaired) electrons. The number of benzene rings is 1. The number of thiazole rings is 1. The van der Waals surface area contributed by atoms with Gasteiger partial charge in [-0.1, -0.05) is 0 Å². The van der Waals surface area contributed by atoms with Gasteiger partial charge >= 0.3 is 0 Å². The quantitative estimate of drug-likeness (QED) is 0.892. The fourth-order valence-corrected chi connectivity index (χ4v) is 2.13. The summed E-state index contributed by atoms with van der Waals surface area (Å²) in [7, 11) is 3.24. The van der Waals surface area contributed by atoms with Crippen LogP contribution in [0.5, 0.6) is 5.75 Å². The molecule has 1 aromatic carbocycles. The molecule has 0 amide bonds. The molecule has 0 spiro atoms. The van der Waals surface area contributed by atoms with Gasteiger partial charge in [-0.2, -0.15) is 0 Å². The predicted octanol–water partition coefficient (Wildman–Crippen LogP) is 3.00. The molecule has 16 heavy (non-hydrogen) atoms. The van der Waals surface area contributed by atoms with Crippen LogP contribution >= 0.6 is 11.3 Å². The Morgan fingerprint density at radius 2 is 2.25 bits per heavy atom. The van der Waals surface area contributed by atoms with Crippen molar-refractivity contribution in [1.29, 1.82) is 0 Å². The number of anilines is 1. The Labute approximate surface area is 96.9 Å². The van der Waals surface area contributed by atoms with Gasteiger partial charge in [0.25, 0.3) is 0 Å². The molecule has 0 bridgehead atoms. The SMILES string of the molecule is CNc1csc(-c2ccc(OC)c(F)c2)n1. The van der Waals surface area contributed by atoms with Crippen LogP contribution in [-0.4, -0.2) is 19.1 Å². The molecule has 3 nitrogen and oxygen atoms in total. The van der Waals surface area contributed by atoms with Crippen molar-refractivity contribution in [1.82, 2.24) is 4.98 Å². The van der Waals surface area contributed by atoms with Gasteiger partial charge in [0.05, 0.1) is 7.11 Å². The highest BCUT2D eigenvalue weighted by Gasteiger charge is 2.08. The van der Waals surface area contributed by atoms with Gasteiger partial charge in [0.1, 0.15) is 10.8 Å². The van der Waals surface area contributed by atoms with Crippen molar-refractivity contribution in [2.45, 2.75) is 0 Å². The van der Waals surface area contributed by atoms with Gasteiger partial charge in [-0.3, -0.25) is 0 Å². The lowest BCUT2D eigenvalue weighted by molar-refractivity contribution is 0.386. The third-order valence-corrected chi connectivity index (χ3v) is 3.05. The fourth-order valence-electron chi connectivity index (χ4n) is 1.32. The number of rotatable bonds is 3. The first-order chi connectivity index (χ1) is 7.74. The number of hydrogen-bond donors (Lipinski definition) is 1. The molecule has 5 heteroatoms. The number of methoxy groups -OCH3 is 1. The monoisotopic (exact) mass is 238 g/mol. The lowest BCUT2D eigenvalue weighted by atomic mass is 10.2. The van der Waals surface area contributed by atoms with Gasteiger partial charge < -0.3 is 10.1 Å². The predicted molar refractivity (Wildman–Crippen MR) is 63.6 cm³/mol. The van der Waals surface area contributed by atoms with Crippen LogP contribution in [0.4, 0.5) is 10.2 Å². The summed E-state index contributed by atoms with van der Waals surface area (Å²) in [5.41, 5.74) is 0.754. The van der Waals surface area contributed by atoms with E-state index >= 15 is 0 Å². The average molecular weight is 238 g/mol. The molecular formula is C11H11FN2OS. The molecule has 0 atom stereocenters. The van der Waals surface area contributed by atoms with Crippen molar-refractivity contribution in [3.05, 3.63) is 29.4 Å². The van der Waals surface area contributed by atoms with Gasteiger partial charge in [0.15, 0.2) is 11.6 Å². The number of hydrogen-bond acceptors (Lipinski definition) is 4. The maximum absolute atomic E-state index is 13.5. The number of nitrogens with one attached hydrogen (secondary N) is 1. The first-order valence-corrected chi connectivity index (χ1v) is 5.59. The number of aromatic nitrogens is 1. The van der Waals surface area contributed by atoms with E-state index in [0.29, 0.717) is 0 Å².